The quantitative estimate of drug-likeness (QED) is 0.264. The lowest BCUT2D eigenvalue weighted by Gasteiger charge is -2.44. The summed E-state index contributed by atoms with van der Waals surface area (Å²) >= 11 is 0. The summed E-state index contributed by atoms with van der Waals surface area (Å²) in [5, 5.41) is 66.8. The number of ether oxygens (including phenoxy) is 3. The first-order valence-electron chi connectivity index (χ1n) is 7.04. The van der Waals surface area contributed by atoms with Crippen LogP contribution in [0, 0.1) is 0 Å². The van der Waals surface area contributed by atoms with E-state index in [9.17, 15) is 35.0 Å². The lowest BCUT2D eigenvalue weighted by Crippen LogP contribution is -2.64. The van der Waals surface area contributed by atoms with Gasteiger partial charge in [0.2, 0.25) is 6.36 Å². The van der Waals surface area contributed by atoms with Crippen LogP contribution in [0.15, 0.2) is 0 Å². The number of rotatable bonds is 4. The van der Waals surface area contributed by atoms with Gasteiger partial charge in [0.15, 0.2) is 6.29 Å². The molecule has 23 heavy (non-hydrogen) atoms. The maximum Gasteiger partial charge on any atom is 0.228 e. The molecule has 7 N–H and O–H groups in total. The van der Waals surface area contributed by atoms with Crippen molar-refractivity contribution in [2.45, 2.75) is 61.5 Å². The zero-order valence-electron chi connectivity index (χ0n) is 11.9. The summed E-state index contributed by atoms with van der Waals surface area (Å²) < 4.78 is 28.3. The highest BCUT2D eigenvalue weighted by Crippen LogP contribution is 2.29. The standard InChI is InChI=1S/C12H21FO10/c13-11-8(19)7(18)10(4(2-15)21-11)23-12-9(20)6(17)5(16)3(1-14)22-12/h3-12,14-20H,1-2H2/t3-,4-,5-,6+,7-,8-,9-,10-,11+,12+/m1/s1. The molecule has 0 saturated carbocycles. The van der Waals surface area contributed by atoms with Gasteiger partial charge in [0, 0.05) is 0 Å². The smallest absolute Gasteiger partial charge is 0.228 e. The number of hydrogen-bond donors (Lipinski definition) is 7. The van der Waals surface area contributed by atoms with E-state index in [1.54, 1.807) is 0 Å². The fraction of sp³-hybridized carbons (Fsp3) is 1.00. The molecule has 0 aromatic rings. The predicted molar refractivity (Wildman–Crippen MR) is 67.5 cm³/mol. The minimum Gasteiger partial charge on any atom is -0.394 e. The van der Waals surface area contributed by atoms with Crippen molar-refractivity contribution < 1.29 is 54.3 Å². The topological polar surface area (TPSA) is 169 Å². The second-order valence-electron chi connectivity index (χ2n) is 5.49. The van der Waals surface area contributed by atoms with Crippen LogP contribution in [0.25, 0.3) is 0 Å². The van der Waals surface area contributed by atoms with Crippen molar-refractivity contribution in [3.63, 3.8) is 0 Å². The van der Waals surface area contributed by atoms with E-state index in [4.69, 9.17) is 14.6 Å². The lowest BCUT2D eigenvalue weighted by atomic mass is 9.97. The molecule has 0 aliphatic carbocycles. The molecule has 0 radical (unpaired) electrons. The maximum absolute atomic E-state index is 13.3. The predicted octanol–water partition coefficient (Wildman–Crippen LogP) is -4.42. The molecular weight excluding hydrogens is 323 g/mol. The molecule has 2 saturated heterocycles. The van der Waals surface area contributed by atoms with Crippen LogP contribution in [0.5, 0.6) is 0 Å². The highest BCUT2D eigenvalue weighted by molar-refractivity contribution is 4.93. The highest BCUT2D eigenvalue weighted by atomic mass is 19.1. The molecule has 10 atom stereocenters. The van der Waals surface area contributed by atoms with E-state index in [-0.39, 0.29) is 0 Å². The third kappa shape index (κ3) is 3.64. The Balaban J connectivity index is 2.11. The van der Waals surface area contributed by atoms with Crippen LogP contribution in [-0.2, 0) is 14.2 Å². The Kier molecular flexibility index (Phi) is 6.24. The summed E-state index contributed by atoms with van der Waals surface area (Å²) in [5.41, 5.74) is 0. The summed E-state index contributed by atoms with van der Waals surface area (Å²) in [7, 11) is 0. The van der Waals surface area contributed by atoms with E-state index in [1.165, 1.54) is 0 Å². The Morgan fingerprint density at radius 2 is 1.35 bits per heavy atom. The summed E-state index contributed by atoms with van der Waals surface area (Å²) in [6.45, 7) is -1.45. The molecule has 0 aromatic heterocycles. The Morgan fingerprint density at radius 1 is 0.739 bits per heavy atom. The van der Waals surface area contributed by atoms with E-state index in [0.29, 0.717) is 0 Å². The second-order valence-corrected chi connectivity index (χ2v) is 5.49. The lowest BCUT2D eigenvalue weighted by molar-refractivity contribution is -0.349. The average molecular weight is 344 g/mol. The molecule has 10 nitrogen and oxygen atoms in total. The molecule has 2 aliphatic rings. The molecule has 136 valence electrons. The van der Waals surface area contributed by atoms with Crippen molar-refractivity contribution in [2.75, 3.05) is 13.2 Å². The molecule has 2 heterocycles. The average Bonchev–Trinajstić information content (AvgIpc) is 2.55. The number of alkyl halides is 1. The summed E-state index contributed by atoms with van der Waals surface area (Å²) in [4.78, 5) is 0. The van der Waals surface area contributed by atoms with Crippen LogP contribution in [0.4, 0.5) is 4.39 Å². The first-order valence-corrected chi connectivity index (χ1v) is 7.04. The molecule has 0 aromatic carbocycles. The normalized spacial score (nSPS) is 51.7. The molecule has 2 rings (SSSR count). The monoisotopic (exact) mass is 344 g/mol. The molecule has 0 amide bonds. The number of hydrogen-bond acceptors (Lipinski definition) is 10. The number of halogens is 1. The molecular formula is C12H21FO10. The van der Waals surface area contributed by atoms with Crippen LogP contribution < -0.4 is 0 Å². The van der Waals surface area contributed by atoms with Crippen molar-refractivity contribution in [3.05, 3.63) is 0 Å². The van der Waals surface area contributed by atoms with Gasteiger partial charge in [-0.05, 0) is 0 Å². The molecule has 2 fully saturated rings. The van der Waals surface area contributed by atoms with Gasteiger partial charge in [0.25, 0.3) is 0 Å². The molecule has 0 bridgehead atoms. The molecule has 11 heteroatoms. The zero-order valence-corrected chi connectivity index (χ0v) is 11.9. The van der Waals surface area contributed by atoms with Crippen LogP contribution in [0.3, 0.4) is 0 Å². The minimum atomic E-state index is -2.24. The fourth-order valence-electron chi connectivity index (χ4n) is 2.54. The number of aliphatic hydroxyl groups excluding tert-OH is 7. The van der Waals surface area contributed by atoms with Crippen LogP contribution in [0.1, 0.15) is 0 Å². The van der Waals surface area contributed by atoms with Crippen molar-refractivity contribution >= 4 is 0 Å². The van der Waals surface area contributed by atoms with Crippen LogP contribution >= 0.6 is 0 Å². The van der Waals surface area contributed by atoms with Crippen LogP contribution in [0.2, 0.25) is 0 Å². The van der Waals surface area contributed by atoms with Crippen molar-refractivity contribution in [1.82, 2.24) is 0 Å². The van der Waals surface area contributed by atoms with Crippen molar-refractivity contribution in [1.29, 1.82) is 0 Å². The molecule has 0 spiro atoms. The van der Waals surface area contributed by atoms with Gasteiger partial charge >= 0.3 is 0 Å². The molecule has 0 unspecified atom stereocenters. The van der Waals surface area contributed by atoms with Gasteiger partial charge in [0.05, 0.1) is 13.2 Å². The Labute approximate surface area is 130 Å². The fourth-order valence-corrected chi connectivity index (χ4v) is 2.54. The summed E-state index contributed by atoms with van der Waals surface area (Å²) in [5.74, 6) is 0. The Bertz CT molecular complexity index is 383. The van der Waals surface area contributed by atoms with Gasteiger partial charge in [-0.3, -0.25) is 0 Å². The Hall–Kier alpha value is -0.470. The SMILES string of the molecule is OC[C@H]1O[C@@H](O[C@H]2[C@H](O)[C@@H](O)[C@@H](F)O[C@@H]2CO)[C@H](O)[C@@H](O)[C@@H]1O. The summed E-state index contributed by atoms with van der Waals surface area (Å²) in [6.07, 6.45) is -16.8. The third-order valence-electron chi connectivity index (χ3n) is 3.95. The van der Waals surface area contributed by atoms with Gasteiger partial charge in [-0.2, -0.15) is 0 Å². The second kappa shape index (κ2) is 7.61. The zero-order chi connectivity index (χ0) is 17.3. The number of aliphatic hydroxyl groups is 7. The largest absolute Gasteiger partial charge is 0.394 e. The van der Waals surface area contributed by atoms with Gasteiger partial charge < -0.3 is 50.0 Å². The summed E-state index contributed by atoms with van der Waals surface area (Å²) in [6, 6.07) is 0. The van der Waals surface area contributed by atoms with Gasteiger partial charge in [-0.25, -0.2) is 4.39 Å². The highest BCUT2D eigenvalue weighted by Gasteiger charge is 2.50. The molecule has 2 aliphatic heterocycles. The van der Waals surface area contributed by atoms with Crippen molar-refractivity contribution in [3.8, 4) is 0 Å². The van der Waals surface area contributed by atoms with E-state index in [2.05, 4.69) is 4.74 Å². The van der Waals surface area contributed by atoms with Gasteiger partial charge in [0.1, 0.15) is 48.8 Å². The van der Waals surface area contributed by atoms with E-state index in [0.717, 1.165) is 0 Å². The Morgan fingerprint density at radius 3 is 1.91 bits per heavy atom. The van der Waals surface area contributed by atoms with Crippen molar-refractivity contribution in [2.24, 2.45) is 0 Å². The van der Waals surface area contributed by atoms with E-state index in [1.807, 2.05) is 0 Å². The maximum atomic E-state index is 13.3. The van der Waals surface area contributed by atoms with Crippen LogP contribution in [-0.4, -0.2) is 110 Å². The third-order valence-corrected chi connectivity index (χ3v) is 3.95. The van der Waals surface area contributed by atoms with E-state index >= 15 is 0 Å². The van der Waals surface area contributed by atoms with Gasteiger partial charge in [-0.15, -0.1) is 0 Å². The van der Waals surface area contributed by atoms with Gasteiger partial charge in [-0.1, -0.05) is 0 Å². The first-order chi connectivity index (χ1) is 10.8. The first kappa shape index (κ1) is 18.9. The van der Waals surface area contributed by atoms with E-state index < -0.39 is 74.7 Å². The minimum absolute atomic E-state index is 0.687.